The fraction of sp³-hybridized carbons (Fsp3) is 0.400. The zero-order valence-corrected chi connectivity index (χ0v) is 19.5. The zero-order valence-electron chi connectivity index (χ0n) is 18.7. The fourth-order valence-electron chi connectivity index (χ4n) is 4.33. The van der Waals surface area contributed by atoms with Gasteiger partial charge in [0.15, 0.2) is 0 Å². The number of fused-ring (bicyclic) bond motifs is 3. The van der Waals surface area contributed by atoms with Gasteiger partial charge in [-0.1, -0.05) is 30.3 Å². The normalized spacial score (nSPS) is 15.9. The number of hydrogen-bond donors (Lipinski definition) is 0. The number of carbonyl (C=O) groups is 1. The van der Waals surface area contributed by atoms with Crippen LogP contribution in [0.15, 0.2) is 42.6 Å². The number of ether oxygens (including phenoxy) is 2. The summed E-state index contributed by atoms with van der Waals surface area (Å²) in [6.45, 7) is 8.66. The standard InChI is InChI=1S/C25H29ClN2O3/c1-16-13-27(5)23-20(30-15-17-9-7-6-8-10-17)11-19-22(21(16)23)18(12-26)14-28(19)24(29)31-25(2,3)4/h6-11,13,18H,12,14-15H2,1-5H3. The van der Waals surface area contributed by atoms with Crippen molar-refractivity contribution in [3.8, 4) is 5.75 Å². The molecule has 0 saturated carbocycles. The van der Waals surface area contributed by atoms with E-state index in [4.69, 9.17) is 21.1 Å². The highest BCUT2D eigenvalue weighted by molar-refractivity contribution is 6.19. The van der Waals surface area contributed by atoms with E-state index in [-0.39, 0.29) is 12.0 Å². The van der Waals surface area contributed by atoms with Crippen LogP contribution in [0.25, 0.3) is 10.9 Å². The van der Waals surface area contributed by atoms with Crippen molar-refractivity contribution in [3.63, 3.8) is 0 Å². The van der Waals surface area contributed by atoms with Crippen molar-refractivity contribution in [3.05, 3.63) is 59.3 Å². The SMILES string of the molecule is Cc1cn(C)c2c(OCc3ccccc3)cc3c(c12)C(CCl)CN3C(=O)OC(C)(C)C. The van der Waals surface area contributed by atoms with Gasteiger partial charge in [0.1, 0.15) is 18.0 Å². The van der Waals surface area contributed by atoms with Gasteiger partial charge in [-0.3, -0.25) is 4.90 Å². The molecule has 0 spiro atoms. The Labute approximate surface area is 188 Å². The maximum Gasteiger partial charge on any atom is 0.414 e. The summed E-state index contributed by atoms with van der Waals surface area (Å²) < 4.78 is 14.1. The minimum atomic E-state index is -0.574. The van der Waals surface area contributed by atoms with Crippen LogP contribution in [0.3, 0.4) is 0 Å². The summed E-state index contributed by atoms with van der Waals surface area (Å²) in [7, 11) is 2.02. The van der Waals surface area contributed by atoms with E-state index in [1.807, 2.05) is 64.2 Å². The quantitative estimate of drug-likeness (QED) is 0.457. The number of nitrogens with zero attached hydrogens (tertiary/aromatic N) is 2. The first kappa shape index (κ1) is 21.6. The Morgan fingerprint density at radius 3 is 2.58 bits per heavy atom. The molecule has 0 fully saturated rings. The zero-order chi connectivity index (χ0) is 22.3. The van der Waals surface area contributed by atoms with Crippen LogP contribution in [0.5, 0.6) is 5.75 Å². The van der Waals surface area contributed by atoms with Gasteiger partial charge in [-0.25, -0.2) is 4.79 Å². The van der Waals surface area contributed by atoms with Crippen molar-refractivity contribution in [2.45, 2.75) is 45.8 Å². The summed E-state index contributed by atoms with van der Waals surface area (Å²) >= 11 is 6.36. The van der Waals surface area contributed by atoms with Gasteiger partial charge in [0.05, 0.1) is 11.2 Å². The summed E-state index contributed by atoms with van der Waals surface area (Å²) in [6.07, 6.45) is 1.74. The third kappa shape index (κ3) is 4.11. The predicted octanol–water partition coefficient (Wildman–Crippen LogP) is 6.14. The van der Waals surface area contributed by atoms with Gasteiger partial charge in [0.2, 0.25) is 0 Å². The molecule has 0 saturated heterocycles. The molecule has 1 aliphatic heterocycles. The lowest BCUT2D eigenvalue weighted by Gasteiger charge is -2.25. The van der Waals surface area contributed by atoms with E-state index in [1.54, 1.807) is 4.90 Å². The number of anilines is 1. The van der Waals surface area contributed by atoms with Gasteiger partial charge in [0, 0.05) is 43.0 Å². The first-order chi connectivity index (χ1) is 14.7. The number of aryl methyl sites for hydroxylation is 2. The predicted molar refractivity (Wildman–Crippen MR) is 125 cm³/mol. The van der Waals surface area contributed by atoms with Crippen LogP contribution in [0.2, 0.25) is 0 Å². The Balaban J connectivity index is 1.82. The van der Waals surface area contributed by atoms with Crippen LogP contribution in [-0.4, -0.2) is 28.7 Å². The van der Waals surface area contributed by atoms with Gasteiger partial charge in [0.25, 0.3) is 0 Å². The Morgan fingerprint density at radius 1 is 1.23 bits per heavy atom. The summed E-state index contributed by atoms with van der Waals surface area (Å²) in [5.74, 6) is 1.22. The number of carbonyl (C=O) groups excluding carboxylic acids is 1. The lowest BCUT2D eigenvalue weighted by Crippen LogP contribution is -2.36. The van der Waals surface area contributed by atoms with Crippen LogP contribution in [0.4, 0.5) is 10.5 Å². The Bertz CT molecular complexity index is 1120. The van der Waals surface area contributed by atoms with Crippen LogP contribution >= 0.6 is 11.6 Å². The molecule has 0 N–H and O–H groups in total. The second kappa shape index (κ2) is 8.12. The maximum atomic E-state index is 13.0. The fourth-order valence-corrected chi connectivity index (χ4v) is 4.58. The van der Waals surface area contributed by atoms with E-state index < -0.39 is 5.60 Å². The Morgan fingerprint density at radius 2 is 1.94 bits per heavy atom. The average molecular weight is 441 g/mol. The Kier molecular flexibility index (Phi) is 5.65. The molecule has 2 heterocycles. The molecule has 5 nitrogen and oxygen atoms in total. The highest BCUT2D eigenvalue weighted by Gasteiger charge is 2.37. The van der Waals surface area contributed by atoms with Crippen molar-refractivity contribution in [2.24, 2.45) is 7.05 Å². The molecule has 4 rings (SSSR count). The van der Waals surface area contributed by atoms with Crippen LogP contribution in [-0.2, 0) is 18.4 Å². The van der Waals surface area contributed by atoms with E-state index >= 15 is 0 Å². The lowest BCUT2D eigenvalue weighted by molar-refractivity contribution is 0.0582. The molecule has 2 aromatic carbocycles. The van der Waals surface area contributed by atoms with E-state index in [2.05, 4.69) is 17.7 Å². The number of alkyl halides is 1. The van der Waals surface area contributed by atoms with Crippen LogP contribution in [0.1, 0.15) is 43.4 Å². The van der Waals surface area contributed by atoms with Gasteiger partial charge in [-0.15, -0.1) is 11.6 Å². The smallest absolute Gasteiger partial charge is 0.414 e. The topological polar surface area (TPSA) is 43.7 Å². The molecule has 1 amide bonds. The third-order valence-electron chi connectivity index (χ3n) is 5.56. The van der Waals surface area contributed by atoms with Gasteiger partial charge in [-0.2, -0.15) is 0 Å². The van der Waals surface area contributed by atoms with Crippen molar-refractivity contribution in [1.29, 1.82) is 0 Å². The molecule has 1 aromatic heterocycles. The van der Waals surface area contributed by atoms with Gasteiger partial charge >= 0.3 is 6.09 Å². The molecule has 3 aromatic rings. The summed E-state index contributed by atoms with van der Waals surface area (Å²) in [6, 6.07) is 12.0. The largest absolute Gasteiger partial charge is 0.487 e. The summed E-state index contributed by atoms with van der Waals surface area (Å²) in [4.78, 5) is 14.7. The maximum absolute atomic E-state index is 13.0. The third-order valence-corrected chi connectivity index (χ3v) is 5.93. The second-order valence-corrected chi connectivity index (χ2v) is 9.48. The molecule has 31 heavy (non-hydrogen) atoms. The summed E-state index contributed by atoms with van der Waals surface area (Å²) in [5.41, 5.74) is 4.60. The molecular formula is C25H29ClN2O3. The van der Waals surface area contributed by atoms with Crippen molar-refractivity contribution >= 4 is 34.3 Å². The first-order valence-electron chi connectivity index (χ1n) is 10.6. The molecule has 1 atom stereocenters. The molecule has 1 unspecified atom stereocenters. The first-order valence-corrected chi connectivity index (χ1v) is 11.1. The number of hydrogen-bond acceptors (Lipinski definition) is 3. The highest BCUT2D eigenvalue weighted by atomic mass is 35.5. The molecule has 0 bridgehead atoms. The molecule has 0 aliphatic carbocycles. The minimum absolute atomic E-state index is 0.0379. The molecule has 164 valence electrons. The van der Waals surface area contributed by atoms with Gasteiger partial charge in [-0.05, 0) is 44.4 Å². The van der Waals surface area contributed by atoms with E-state index in [9.17, 15) is 4.79 Å². The number of halogens is 1. The number of rotatable bonds is 4. The average Bonchev–Trinajstić information content (AvgIpc) is 3.22. The van der Waals surface area contributed by atoms with E-state index in [1.165, 1.54) is 0 Å². The summed E-state index contributed by atoms with van der Waals surface area (Å²) in [5, 5.41) is 1.11. The van der Waals surface area contributed by atoms with E-state index in [0.717, 1.165) is 39.0 Å². The van der Waals surface area contributed by atoms with E-state index in [0.29, 0.717) is 19.0 Å². The number of aromatic nitrogens is 1. The van der Waals surface area contributed by atoms with Crippen molar-refractivity contribution < 1.29 is 14.3 Å². The van der Waals surface area contributed by atoms with Crippen molar-refractivity contribution in [1.82, 2.24) is 4.57 Å². The lowest BCUT2D eigenvalue weighted by atomic mass is 9.96. The van der Waals surface area contributed by atoms with Gasteiger partial charge < -0.3 is 14.0 Å². The molecular weight excluding hydrogens is 412 g/mol. The molecule has 6 heteroatoms. The van der Waals surface area contributed by atoms with Crippen LogP contribution < -0.4 is 9.64 Å². The monoisotopic (exact) mass is 440 g/mol. The van der Waals surface area contributed by atoms with Crippen LogP contribution in [0, 0.1) is 6.92 Å². The van der Waals surface area contributed by atoms with Crippen molar-refractivity contribution in [2.75, 3.05) is 17.3 Å². The highest BCUT2D eigenvalue weighted by Crippen LogP contribution is 2.47. The second-order valence-electron chi connectivity index (χ2n) is 9.17. The minimum Gasteiger partial charge on any atom is -0.487 e. The Hall–Kier alpha value is -2.66. The number of amides is 1. The molecule has 0 radical (unpaired) electrons. The molecule has 1 aliphatic rings. The number of benzene rings is 2.